The van der Waals surface area contributed by atoms with Gasteiger partial charge in [0.2, 0.25) is 0 Å². The van der Waals surface area contributed by atoms with Gasteiger partial charge >= 0.3 is 6.03 Å². The minimum Gasteiger partial charge on any atom is -0.493 e. The third-order valence-corrected chi connectivity index (χ3v) is 5.54. The predicted octanol–water partition coefficient (Wildman–Crippen LogP) is 3.71. The number of methoxy groups -OCH3 is 2. The second-order valence-corrected chi connectivity index (χ2v) is 7.46. The molecule has 1 N–H and O–H groups in total. The van der Waals surface area contributed by atoms with Gasteiger partial charge in [0, 0.05) is 38.4 Å². The van der Waals surface area contributed by atoms with E-state index in [0.717, 1.165) is 67.5 Å². The number of anilines is 1. The fourth-order valence-electron chi connectivity index (χ4n) is 3.70. The number of amides is 2. The molecule has 0 aromatic heterocycles. The summed E-state index contributed by atoms with van der Waals surface area (Å²) in [5.41, 5.74) is 4.32. The van der Waals surface area contributed by atoms with E-state index in [1.807, 2.05) is 49.1 Å². The molecular formula is C23H31N3O3. The van der Waals surface area contributed by atoms with E-state index in [0.29, 0.717) is 0 Å². The number of para-hydroxylation sites is 1. The highest BCUT2D eigenvalue weighted by atomic mass is 16.5. The molecule has 0 atom stereocenters. The number of carbonyl (C=O) groups is 1. The van der Waals surface area contributed by atoms with E-state index < -0.39 is 0 Å². The van der Waals surface area contributed by atoms with Crippen LogP contribution in [0.4, 0.5) is 10.5 Å². The van der Waals surface area contributed by atoms with Gasteiger partial charge in [0.15, 0.2) is 11.5 Å². The highest BCUT2D eigenvalue weighted by molar-refractivity contribution is 5.91. The molecule has 3 rings (SSSR count). The molecule has 0 unspecified atom stereocenters. The van der Waals surface area contributed by atoms with Crippen molar-refractivity contribution >= 4 is 11.7 Å². The zero-order chi connectivity index (χ0) is 20.8. The number of urea groups is 1. The number of hydrogen-bond acceptors (Lipinski definition) is 4. The molecule has 0 aliphatic carbocycles. The summed E-state index contributed by atoms with van der Waals surface area (Å²) in [5, 5.41) is 3.09. The molecule has 0 bridgehead atoms. The molecule has 2 amide bonds. The topological polar surface area (TPSA) is 54.0 Å². The summed E-state index contributed by atoms with van der Waals surface area (Å²) >= 11 is 0. The van der Waals surface area contributed by atoms with E-state index in [9.17, 15) is 4.79 Å². The third kappa shape index (κ3) is 5.21. The van der Waals surface area contributed by atoms with E-state index in [2.05, 4.69) is 16.3 Å². The fraction of sp³-hybridized carbons (Fsp3) is 0.435. The largest absolute Gasteiger partial charge is 0.493 e. The maximum absolute atomic E-state index is 12.7. The summed E-state index contributed by atoms with van der Waals surface area (Å²) in [6, 6.07) is 12.1. The second-order valence-electron chi connectivity index (χ2n) is 7.46. The van der Waals surface area contributed by atoms with Crippen LogP contribution in [0, 0.1) is 13.8 Å². The Bertz CT molecular complexity index is 825. The number of nitrogens with zero attached hydrogens (tertiary/aromatic N) is 2. The van der Waals surface area contributed by atoms with Gasteiger partial charge in [0.1, 0.15) is 0 Å². The Morgan fingerprint density at radius 3 is 2.24 bits per heavy atom. The van der Waals surface area contributed by atoms with Crippen molar-refractivity contribution in [3.8, 4) is 11.5 Å². The molecule has 2 aromatic carbocycles. The monoisotopic (exact) mass is 397 g/mol. The van der Waals surface area contributed by atoms with Crippen molar-refractivity contribution in [1.82, 2.24) is 9.80 Å². The highest BCUT2D eigenvalue weighted by Gasteiger charge is 2.21. The number of piperazine rings is 1. The zero-order valence-corrected chi connectivity index (χ0v) is 17.8. The lowest BCUT2D eigenvalue weighted by Crippen LogP contribution is -2.50. The van der Waals surface area contributed by atoms with Crippen LogP contribution in [0.15, 0.2) is 36.4 Å². The number of aryl methyl sites for hydroxylation is 2. The molecule has 2 aromatic rings. The van der Waals surface area contributed by atoms with E-state index in [4.69, 9.17) is 9.47 Å². The van der Waals surface area contributed by atoms with Gasteiger partial charge in [0.25, 0.3) is 0 Å². The van der Waals surface area contributed by atoms with Crippen molar-refractivity contribution in [1.29, 1.82) is 0 Å². The lowest BCUT2D eigenvalue weighted by molar-refractivity contribution is 0.148. The maximum Gasteiger partial charge on any atom is 0.321 e. The molecule has 1 fully saturated rings. The molecule has 1 aliphatic rings. The van der Waals surface area contributed by atoms with Gasteiger partial charge in [-0.25, -0.2) is 4.79 Å². The zero-order valence-electron chi connectivity index (χ0n) is 17.8. The summed E-state index contributed by atoms with van der Waals surface area (Å²) in [5.74, 6) is 1.51. The lowest BCUT2D eigenvalue weighted by Gasteiger charge is -2.35. The summed E-state index contributed by atoms with van der Waals surface area (Å²) < 4.78 is 10.7. The van der Waals surface area contributed by atoms with Crippen LogP contribution in [-0.4, -0.2) is 62.8 Å². The molecule has 0 radical (unpaired) electrons. The van der Waals surface area contributed by atoms with E-state index in [1.54, 1.807) is 14.2 Å². The van der Waals surface area contributed by atoms with Crippen LogP contribution >= 0.6 is 0 Å². The molecule has 6 nitrogen and oxygen atoms in total. The molecule has 0 spiro atoms. The maximum atomic E-state index is 12.7. The number of rotatable bonds is 6. The summed E-state index contributed by atoms with van der Waals surface area (Å²) in [4.78, 5) is 17.0. The summed E-state index contributed by atoms with van der Waals surface area (Å²) in [6.07, 6.45) is 0.939. The first-order valence-electron chi connectivity index (χ1n) is 10.1. The first-order valence-corrected chi connectivity index (χ1v) is 10.1. The molecule has 1 saturated heterocycles. The Morgan fingerprint density at radius 1 is 0.966 bits per heavy atom. The van der Waals surface area contributed by atoms with Crippen LogP contribution in [0.3, 0.4) is 0 Å². The standard InChI is InChI=1S/C23H31N3O3/c1-17-6-5-7-18(2)22(17)24-23(27)26-14-12-25(13-15-26)11-10-19-8-9-20(28-3)21(16-19)29-4/h5-9,16H,10-15H2,1-4H3,(H,24,27). The number of benzene rings is 2. The van der Waals surface area contributed by atoms with Crippen molar-refractivity contribution in [2.24, 2.45) is 0 Å². The Hall–Kier alpha value is -2.73. The van der Waals surface area contributed by atoms with Crippen LogP contribution < -0.4 is 14.8 Å². The van der Waals surface area contributed by atoms with Crippen LogP contribution in [0.5, 0.6) is 11.5 Å². The number of carbonyl (C=O) groups excluding carboxylic acids is 1. The Kier molecular flexibility index (Phi) is 6.99. The predicted molar refractivity (Wildman–Crippen MR) is 116 cm³/mol. The van der Waals surface area contributed by atoms with Crippen LogP contribution in [0.25, 0.3) is 0 Å². The van der Waals surface area contributed by atoms with Crippen LogP contribution in [-0.2, 0) is 6.42 Å². The molecule has 29 heavy (non-hydrogen) atoms. The summed E-state index contributed by atoms with van der Waals surface area (Å²) in [6.45, 7) is 8.25. The lowest BCUT2D eigenvalue weighted by atomic mass is 10.1. The van der Waals surface area contributed by atoms with Gasteiger partial charge in [-0.15, -0.1) is 0 Å². The smallest absolute Gasteiger partial charge is 0.321 e. The Morgan fingerprint density at radius 2 is 1.62 bits per heavy atom. The van der Waals surface area contributed by atoms with Crippen molar-refractivity contribution in [2.45, 2.75) is 20.3 Å². The van der Waals surface area contributed by atoms with Gasteiger partial charge in [-0.1, -0.05) is 24.3 Å². The minimum atomic E-state index is -0.0121. The van der Waals surface area contributed by atoms with Gasteiger partial charge in [0.05, 0.1) is 14.2 Å². The van der Waals surface area contributed by atoms with Crippen molar-refractivity contribution in [3.05, 3.63) is 53.1 Å². The van der Waals surface area contributed by atoms with Crippen molar-refractivity contribution in [2.75, 3.05) is 52.3 Å². The van der Waals surface area contributed by atoms with Gasteiger partial charge < -0.3 is 19.7 Å². The average Bonchev–Trinajstić information content (AvgIpc) is 2.75. The Balaban J connectivity index is 1.48. The van der Waals surface area contributed by atoms with E-state index >= 15 is 0 Å². The van der Waals surface area contributed by atoms with E-state index in [-0.39, 0.29) is 6.03 Å². The SMILES string of the molecule is COc1ccc(CCN2CCN(C(=O)Nc3c(C)cccc3C)CC2)cc1OC. The average molecular weight is 398 g/mol. The van der Waals surface area contributed by atoms with Crippen molar-refractivity contribution in [3.63, 3.8) is 0 Å². The molecule has 0 saturated carbocycles. The molecule has 1 aliphatic heterocycles. The minimum absolute atomic E-state index is 0.0121. The molecule has 156 valence electrons. The molecule has 1 heterocycles. The molecular weight excluding hydrogens is 366 g/mol. The van der Waals surface area contributed by atoms with E-state index in [1.165, 1.54) is 5.56 Å². The van der Waals surface area contributed by atoms with Crippen molar-refractivity contribution < 1.29 is 14.3 Å². The Labute approximate surface area is 173 Å². The highest BCUT2D eigenvalue weighted by Crippen LogP contribution is 2.27. The number of nitrogens with one attached hydrogen (secondary N) is 1. The number of ether oxygens (including phenoxy) is 2. The summed E-state index contributed by atoms with van der Waals surface area (Å²) in [7, 11) is 3.30. The quantitative estimate of drug-likeness (QED) is 0.807. The fourth-order valence-corrected chi connectivity index (χ4v) is 3.70. The first-order chi connectivity index (χ1) is 14.0. The van der Waals surface area contributed by atoms with Crippen LogP contribution in [0.1, 0.15) is 16.7 Å². The van der Waals surface area contributed by atoms with Gasteiger partial charge in [-0.05, 0) is 49.1 Å². The first kappa shape index (κ1) is 21.0. The molecule has 6 heteroatoms. The normalized spacial score (nSPS) is 14.6. The second kappa shape index (κ2) is 9.65. The van der Waals surface area contributed by atoms with Crippen LogP contribution in [0.2, 0.25) is 0 Å². The number of hydrogen-bond donors (Lipinski definition) is 1. The third-order valence-electron chi connectivity index (χ3n) is 5.54. The van der Waals surface area contributed by atoms with Gasteiger partial charge in [-0.2, -0.15) is 0 Å². The van der Waals surface area contributed by atoms with Gasteiger partial charge in [-0.3, -0.25) is 4.90 Å².